The molecule has 36 heavy (non-hydrogen) atoms. The quantitative estimate of drug-likeness (QED) is 0.492. The van der Waals surface area contributed by atoms with Crippen LogP contribution in [0.2, 0.25) is 0 Å². The SMILES string of the molecule is Cc1ccccc1N1C(=O)C2C(c3ccc(Oc4ccccc4)cc3)NC(C(=O)O)(C(C)C)C2C1=O. The molecule has 2 aliphatic rings. The molecule has 0 spiro atoms. The molecule has 4 unspecified atom stereocenters. The summed E-state index contributed by atoms with van der Waals surface area (Å²) in [6.07, 6.45) is 0. The van der Waals surface area contributed by atoms with Crippen LogP contribution in [0.25, 0.3) is 0 Å². The molecule has 0 aliphatic carbocycles. The van der Waals surface area contributed by atoms with E-state index >= 15 is 0 Å². The van der Waals surface area contributed by atoms with Gasteiger partial charge in [0, 0.05) is 6.04 Å². The Morgan fingerprint density at radius 3 is 2.14 bits per heavy atom. The van der Waals surface area contributed by atoms with E-state index in [2.05, 4.69) is 5.32 Å². The number of carbonyl (C=O) groups is 3. The number of rotatable bonds is 6. The van der Waals surface area contributed by atoms with Gasteiger partial charge in [-0.05, 0) is 54.3 Å². The summed E-state index contributed by atoms with van der Waals surface area (Å²) in [5.74, 6) is -3.01. The highest BCUT2D eigenvalue weighted by molar-refractivity contribution is 6.24. The van der Waals surface area contributed by atoms with Gasteiger partial charge in [0.05, 0.1) is 17.5 Å². The fourth-order valence-electron chi connectivity index (χ4n) is 5.62. The van der Waals surface area contributed by atoms with Crippen LogP contribution in [0.15, 0.2) is 78.9 Å². The number of para-hydroxylation sites is 2. The minimum Gasteiger partial charge on any atom is -0.480 e. The first kappa shape index (κ1) is 23.8. The summed E-state index contributed by atoms with van der Waals surface area (Å²) < 4.78 is 5.88. The number of anilines is 1. The largest absolute Gasteiger partial charge is 0.480 e. The van der Waals surface area contributed by atoms with Crippen LogP contribution in [0.1, 0.15) is 31.0 Å². The van der Waals surface area contributed by atoms with Gasteiger partial charge in [0.1, 0.15) is 17.0 Å². The average Bonchev–Trinajstić information content (AvgIpc) is 3.35. The predicted octanol–water partition coefficient (Wildman–Crippen LogP) is 4.72. The van der Waals surface area contributed by atoms with E-state index < -0.39 is 41.2 Å². The first-order valence-corrected chi connectivity index (χ1v) is 12.0. The smallest absolute Gasteiger partial charge is 0.325 e. The van der Waals surface area contributed by atoms with Crippen LogP contribution in [0, 0.1) is 24.7 Å². The van der Waals surface area contributed by atoms with E-state index in [9.17, 15) is 19.5 Å². The summed E-state index contributed by atoms with van der Waals surface area (Å²) in [4.78, 5) is 41.5. The predicted molar refractivity (Wildman–Crippen MR) is 135 cm³/mol. The number of ether oxygens (including phenoxy) is 1. The van der Waals surface area contributed by atoms with Crippen molar-refractivity contribution < 1.29 is 24.2 Å². The number of aliphatic carboxylic acids is 1. The number of benzene rings is 3. The summed E-state index contributed by atoms with van der Waals surface area (Å²) in [7, 11) is 0. The highest BCUT2D eigenvalue weighted by Crippen LogP contribution is 2.52. The third-order valence-corrected chi connectivity index (χ3v) is 7.43. The molecule has 2 fully saturated rings. The van der Waals surface area contributed by atoms with Gasteiger partial charge in [-0.2, -0.15) is 0 Å². The van der Waals surface area contributed by atoms with Gasteiger partial charge in [0.15, 0.2) is 0 Å². The van der Waals surface area contributed by atoms with E-state index in [4.69, 9.17) is 4.74 Å². The molecule has 2 N–H and O–H groups in total. The highest BCUT2D eigenvalue weighted by atomic mass is 16.5. The number of carboxylic acid groups (broad SMARTS) is 1. The van der Waals surface area contributed by atoms with Crippen molar-refractivity contribution in [2.24, 2.45) is 17.8 Å². The van der Waals surface area contributed by atoms with Crippen LogP contribution in [0.5, 0.6) is 11.5 Å². The van der Waals surface area contributed by atoms with Crippen molar-refractivity contribution in [3.8, 4) is 11.5 Å². The second-order valence-electron chi connectivity index (χ2n) is 9.74. The number of hydrogen-bond acceptors (Lipinski definition) is 5. The maximum atomic E-state index is 13.8. The van der Waals surface area contributed by atoms with Crippen molar-refractivity contribution in [2.75, 3.05) is 4.90 Å². The van der Waals surface area contributed by atoms with Crippen molar-refractivity contribution in [1.82, 2.24) is 5.32 Å². The fraction of sp³-hybridized carbons (Fsp3) is 0.276. The first-order valence-electron chi connectivity index (χ1n) is 12.0. The molecule has 3 aromatic carbocycles. The van der Waals surface area contributed by atoms with E-state index in [0.717, 1.165) is 11.1 Å². The minimum atomic E-state index is -1.58. The Morgan fingerprint density at radius 2 is 1.53 bits per heavy atom. The van der Waals surface area contributed by atoms with Gasteiger partial charge in [-0.25, -0.2) is 4.90 Å². The van der Waals surface area contributed by atoms with Gasteiger partial charge in [-0.1, -0.05) is 62.4 Å². The van der Waals surface area contributed by atoms with Gasteiger partial charge in [0.25, 0.3) is 0 Å². The summed E-state index contributed by atoms with van der Waals surface area (Å²) in [5, 5.41) is 13.6. The average molecular weight is 485 g/mol. The molecule has 0 radical (unpaired) electrons. The number of hydrogen-bond donors (Lipinski definition) is 2. The molecule has 0 saturated carbocycles. The normalized spacial score (nSPS) is 25.3. The topological polar surface area (TPSA) is 95.9 Å². The Hall–Kier alpha value is -3.97. The Kier molecular flexibility index (Phi) is 5.88. The zero-order valence-corrected chi connectivity index (χ0v) is 20.3. The Morgan fingerprint density at radius 1 is 0.917 bits per heavy atom. The molecular formula is C29H28N2O5. The molecular weight excluding hydrogens is 456 g/mol. The summed E-state index contributed by atoms with van der Waals surface area (Å²) in [6, 6.07) is 23.1. The monoisotopic (exact) mass is 484 g/mol. The van der Waals surface area contributed by atoms with Gasteiger partial charge in [0.2, 0.25) is 11.8 Å². The molecule has 184 valence electrons. The molecule has 7 heteroatoms. The molecule has 2 heterocycles. The number of carboxylic acids is 1. The standard InChI is InChI=1S/C29H28N2O5/c1-17(2)29(28(34)35)24-23(26(32)31(27(24)33)22-12-8-7-9-18(22)3)25(30-29)19-13-15-21(16-14-19)36-20-10-5-4-6-11-20/h4-17,23-25,30H,1-3H3,(H,34,35). The van der Waals surface area contributed by atoms with Crippen LogP contribution in [0.3, 0.4) is 0 Å². The number of fused-ring (bicyclic) bond motifs is 1. The molecule has 3 aromatic rings. The lowest BCUT2D eigenvalue weighted by Gasteiger charge is -2.34. The van der Waals surface area contributed by atoms with Crippen molar-refractivity contribution in [1.29, 1.82) is 0 Å². The molecule has 5 rings (SSSR count). The summed E-state index contributed by atoms with van der Waals surface area (Å²) >= 11 is 0. The number of aryl methyl sites for hydroxylation is 1. The van der Waals surface area contributed by atoms with E-state index in [1.165, 1.54) is 4.90 Å². The van der Waals surface area contributed by atoms with Crippen molar-refractivity contribution >= 4 is 23.5 Å². The van der Waals surface area contributed by atoms with Crippen LogP contribution in [0.4, 0.5) is 5.69 Å². The van der Waals surface area contributed by atoms with E-state index in [1.54, 1.807) is 38.1 Å². The molecule has 2 aliphatic heterocycles. The van der Waals surface area contributed by atoms with E-state index in [1.807, 2.05) is 61.5 Å². The van der Waals surface area contributed by atoms with Crippen LogP contribution >= 0.6 is 0 Å². The van der Waals surface area contributed by atoms with Crippen molar-refractivity contribution in [3.05, 3.63) is 90.0 Å². The molecule has 0 bridgehead atoms. The summed E-state index contributed by atoms with van der Waals surface area (Å²) in [6.45, 7) is 5.37. The minimum absolute atomic E-state index is 0.384. The van der Waals surface area contributed by atoms with Crippen molar-refractivity contribution in [2.45, 2.75) is 32.4 Å². The molecule has 4 atom stereocenters. The number of nitrogens with zero attached hydrogens (tertiary/aromatic N) is 1. The van der Waals surface area contributed by atoms with Crippen LogP contribution < -0.4 is 15.0 Å². The second-order valence-corrected chi connectivity index (χ2v) is 9.74. The van der Waals surface area contributed by atoms with Gasteiger partial charge < -0.3 is 9.84 Å². The first-order chi connectivity index (χ1) is 17.3. The highest BCUT2D eigenvalue weighted by Gasteiger charge is 2.69. The fourth-order valence-corrected chi connectivity index (χ4v) is 5.62. The lowest BCUT2D eigenvalue weighted by Crippen LogP contribution is -2.59. The third-order valence-electron chi connectivity index (χ3n) is 7.43. The Balaban J connectivity index is 1.55. The number of amides is 2. The molecule has 2 saturated heterocycles. The van der Waals surface area contributed by atoms with Crippen LogP contribution in [-0.4, -0.2) is 28.4 Å². The van der Waals surface area contributed by atoms with E-state index in [-0.39, 0.29) is 5.91 Å². The van der Waals surface area contributed by atoms with Gasteiger partial charge in [-0.15, -0.1) is 0 Å². The third kappa shape index (κ3) is 3.58. The lowest BCUT2D eigenvalue weighted by atomic mass is 9.73. The summed E-state index contributed by atoms with van der Waals surface area (Å²) in [5.41, 5.74) is 0.410. The van der Waals surface area contributed by atoms with Gasteiger partial charge in [-0.3, -0.25) is 19.7 Å². The Labute approximate surface area is 209 Å². The van der Waals surface area contributed by atoms with E-state index in [0.29, 0.717) is 17.2 Å². The van der Waals surface area contributed by atoms with Gasteiger partial charge >= 0.3 is 5.97 Å². The number of nitrogens with one attached hydrogen (secondary N) is 1. The number of carbonyl (C=O) groups excluding carboxylic acids is 2. The molecule has 7 nitrogen and oxygen atoms in total. The zero-order chi connectivity index (χ0) is 25.6. The maximum Gasteiger partial charge on any atom is 0.325 e. The maximum absolute atomic E-state index is 13.8. The number of imide groups is 1. The van der Waals surface area contributed by atoms with Crippen LogP contribution in [-0.2, 0) is 14.4 Å². The zero-order valence-electron chi connectivity index (χ0n) is 20.3. The lowest BCUT2D eigenvalue weighted by molar-refractivity contribution is -0.151. The molecule has 2 amide bonds. The molecule has 0 aromatic heterocycles. The Bertz CT molecular complexity index is 1320. The van der Waals surface area contributed by atoms with Crippen molar-refractivity contribution in [3.63, 3.8) is 0 Å². The second kappa shape index (κ2) is 8.91.